The number of hydrogen-bond acceptors (Lipinski definition) is 2. The van der Waals surface area contributed by atoms with Gasteiger partial charge in [0.25, 0.3) is 0 Å². The third kappa shape index (κ3) is 9.80. The minimum absolute atomic E-state index is 0. The number of ether oxygens (including phenoxy) is 1. The number of hydrogen-bond donors (Lipinski definition) is 2. The van der Waals surface area contributed by atoms with E-state index in [0.29, 0.717) is 6.10 Å². The monoisotopic (exact) mass is 397 g/mol. The summed E-state index contributed by atoms with van der Waals surface area (Å²) in [6.07, 6.45) is 10.6. The maximum absolute atomic E-state index is 5.90. The van der Waals surface area contributed by atoms with Crippen LogP contribution >= 0.6 is 24.0 Å². The molecule has 0 aliphatic heterocycles. The summed E-state index contributed by atoms with van der Waals surface area (Å²) < 4.78 is 5.90. The number of aliphatic imine (C=N–C) groups is 1. The number of nitrogens with one attached hydrogen (secondary N) is 2. The molecular formula is C15H32IN3O. The molecule has 1 aliphatic carbocycles. The van der Waals surface area contributed by atoms with Crippen molar-refractivity contribution in [3.8, 4) is 0 Å². The molecule has 5 heteroatoms. The lowest BCUT2D eigenvalue weighted by atomic mass is 9.98. The fraction of sp³-hybridized carbons (Fsp3) is 0.933. The number of unbranched alkanes of at least 4 members (excludes halogenated alkanes) is 1. The second-order valence-corrected chi connectivity index (χ2v) is 5.26. The van der Waals surface area contributed by atoms with E-state index < -0.39 is 0 Å². The van der Waals surface area contributed by atoms with Crippen LogP contribution in [0.3, 0.4) is 0 Å². The van der Waals surface area contributed by atoms with Gasteiger partial charge >= 0.3 is 0 Å². The minimum Gasteiger partial charge on any atom is -0.378 e. The predicted molar refractivity (Wildman–Crippen MR) is 97.1 cm³/mol. The van der Waals surface area contributed by atoms with Crippen molar-refractivity contribution in [2.24, 2.45) is 4.99 Å². The first kappa shape index (κ1) is 20.0. The average Bonchev–Trinajstić information content (AvgIpc) is 2.46. The molecule has 1 rings (SSSR count). The molecule has 0 saturated heterocycles. The molecule has 0 spiro atoms. The Morgan fingerprint density at radius 2 is 1.75 bits per heavy atom. The van der Waals surface area contributed by atoms with Gasteiger partial charge in [0.2, 0.25) is 0 Å². The lowest BCUT2D eigenvalue weighted by Gasteiger charge is -2.22. The fourth-order valence-electron chi connectivity index (χ4n) is 2.36. The number of nitrogens with zero attached hydrogens (tertiary/aromatic N) is 1. The van der Waals surface area contributed by atoms with E-state index in [1.165, 1.54) is 44.9 Å². The van der Waals surface area contributed by atoms with Gasteiger partial charge in [-0.2, -0.15) is 0 Å². The van der Waals surface area contributed by atoms with Crippen LogP contribution in [0.1, 0.15) is 58.3 Å². The van der Waals surface area contributed by atoms with Crippen LogP contribution in [0.15, 0.2) is 4.99 Å². The first-order chi connectivity index (χ1) is 9.36. The summed E-state index contributed by atoms with van der Waals surface area (Å²) in [6.45, 7) is 4.98. The number of halogens is 1. The van der Waals surface area contributed by atoms with E-state index in [4.69, 9.17) is 4.74 Å². The first-order valence-electron chi connectivity index (χ1n) is 7.93. The van der Waals surface area contributed by atoms with Crippen molar-refractivity contribution in [1.29, 1.82) is 0 Å². The van der Waals surface area contributed by atoms with E-state index in [-0.39, 0.29) is 24.0 Å². The van der Waals surface area contributed by atoms with Gasteiger partial charge in [-0.15, -0.1) is 24.0 Å². The standard InChI is InChI=1S/C15H31N3O.HI/c1-3-4-11-17-15(16-2)18-12-8-13-19-14-9-6-5-7-10-14;/h14H,3-13H2,1-2H3,(H2,16,17,18);1H. The molecule has 0 aromatic heterocycles. The van der Waals surface area contributed by atoms with Gasteiger partial charge in [0.05, 0.1) is 6.10 Å². The van der Waals surface area contributed by atoms with Crippen LogP contribution in [-0.4, -0.2) is 38.8 Å². The van der Waals surface area contributed by atoms with Gasteiger partial charge in [-0.1, -0.05) is 32.6 Å². The maximum Gasteiger partial charge on any atom is 0.190 e. The summed E-state index contributed by atoms with van der Waals surface area (Å²) in [5.41, 5.74) is 0. The molecule has 120 valence electrons. The van der Waals surface area contributed by atoms with Gasteiger partial charge in [-0.05, 0) is 25.7 Å². The molecule has 2 N–H and O–H groups in total. The molecule has 0 radical (unpaired) electrons. The van der Waals surface area contributed by atoms with Crippen LogP contribution in [0.2, 0.25) is 0 Å². The summed E-state index contributed by atoms with van der Waals surface area (Å²) in [5, 5.41) is 6.63. The highest BCUT2D eigenvalue weighted by atomic mass is 127. The van der Waals surface area contributed by atoms with E-state index in [0.717, 1.165) is 32.1 Å². The van der Waals surface area contributed by atoms with Crippen LogP contribution in [0.25, 0.3) is 0 Å². The Labute approximate surface area is 141 Å². The highest BCUT2D eigenvalue weighted by Crippen LogP contribution is 2.20. The molecule has 0 aromatic rings. The Hall–Kier alpha value is -0.0400. The summed E-state index contributed by atoms with van der Waals surface area (Å²) in [6, 6.07) is 0. The molecular weight excluding hydrogens is 365 g/mol. The normalized spacial score (nSPS) is 16.6. The predicted octanol–water partition coefficient (Wildman–Crippen LogP) is 3.31. The van der Waals surface area contributed by atoms with Gasteiger partial charge in [-0.25, -0.2) is 0 Å². The Bertz CT molecular complexity index is 243. The van der Waals surface area contributed by atoms with Gasteiger partial charge in [0.15, 0.2) is 5.96 Å². The molecule has 4 nitrogen and oxygen atoms in total. The highest BCUT2D eigenvalue weighted by Gasteiger charge is 2.12. The molecule has 1 aliphatic rings. The van der Waals surface area contributed by atoms with E-state index >= 15 is 0 Å². The Kier molecular flexibility index (Phi) is 13.9. The van der Waals surface area contributed by atoms with E-state index in [9.17, 15) is 0 Å². The smallest absolute Gasteiger partial charge is 0.190 e. The van der Waals surface area contributed by atoms with Crippen molar-refractivity contribution in [2.45, 2.75) is 64.4 Å². The Balaban J connectivity index is 0.00000361. The van der Waals surface area contributed by atoms with Crippen LogP contribution in [0.4, 0.5) is 0 Å². The lowest BCUT2D eigenvalue weighted by Crippen LogP contribution is -2.38. The van der Waals surface area contributed by atoms with Crippen molar-refractivity contribution in [1.82, 2.24) is 10.6 Å². The summed E-state index contributed by atoms with van der Waals surface area (Å²) in [7, 11) is 1.82. The molecule has 0 unspecified atom stereocenters. The van der Waals surface area contributed by atoms with E-state index in [1.807, 2.05) is 7.05 Å². The van der Waals surface area contributed by atoms with Gasteiger partial charge < -0.3 is 15.4 Å². The Morgan fingerprint density at radius 3 is 2.35 bits per heavy atom. The van der Waals surface area contributed by atoms with Crippen LogP contribution in [0, 0.1) is 0 Å². The van der Waals surface area contributed by atoms with Crippen LogP contribution in [0.5, 0.6) is 0 Å². The minimum atomic E-state index is 0. The lowest BCUT2D eigenvalue weighted by molar-refractivity contribution is 0.0277. The third-order valence-corrected chi connectivity index (χ3v) is 3.57. The maximum atomic E-state index is 5.90. The van der Waals surface area contributed by atoms with Crippen molar-refractivity contribution >= 4 is 29.9 Å². The second-order valence-electron chi connectivity index (χ2n) is 5.26. The molecule has 0 aromatic carbocycles. The largest absolute Gasteiger partial charge is 0.378 e. The van der Waals surface area contributed by atoms with Crippen molar-refractivity contribution < 1.29 is 4.74 Å². The number of rotatable bonds is 8. The van der Waals surface area contributed by atoms with Crippen LogP contribution in [-0.2, 0) is 4.74 Å². The molecule has 0 bridgehead atoms. The zero-order valence-electron chi connectivity index (χ0n) is 13.1. The van der Waals surface area contributed by atoms with Gasteiger partial charge in [0.1, 0.15) is 0 Å². The van der Waals surface area contributed by atoms with E-state index in [2.05, 4.69) is 22.5 Å². The fourth-order valence-corrected chi connectivity index (χ4v) is 2.36. The second kappa shape index (κ2) is 13.9. The van der Waals surface area contributed by atoms with Crippen molar-refractivity contribution in [3.05, 3.63) is 0 Å². The van der Waals surface area contributed by atoms with Crippen molar-refractivity contribution in [2.75, 3.05) is 26.7 Å². The summed E-state index contributed by atoms with van der Waals surface area (Å²) >= 11 is 0. The zero-order chi connectivity index (χ0) is 13.8. The molecule has 20 heavy (non-hydrogen) atoms. The average molecular weight is 397 g/mol. The molecule has 1 fully saturated rings. The van der Waals surface area contributed by atoms with Gasteiger partial charge in [-0.3, -0.25) is 4.99 Å². The molecule has 0 amide bonds. The Morgan fingerprint density at radius 1 is 1.10 bits per heavy atom. The topological polar surface area (TPSA) is 45.7 Å². The number of guanidine groups is 1. The highest BCUT2D eigenvalue weighted by molar-refractivity contribution is 14.0. The summed E-state index contributed by atoms with van der Waals surface area (Å²) in [5.74, 6) is 0.908. The zero-order valence-corrected chi connectivity index (χ0v) is 15.4. The summed E-state index contributed by atoms with van der Waals surface area (Å²) in [4.78, 5) is 4.20. The third-order valence-electron chi connectivity index (χ3n) is 3.57. The molecule has 0 atom stereocenters. The van der Waals surface area contributed by atoms with E-state index in [1.54, 1.807) is 0 Å². The first-order valence-corrected chi connectivity index (χ1v) is 7.93. The molecule has 1 saturated carbocycles. The van der Waals surface area contributed by atoms with Crippen molar-refractivity contribution in [3.63, 3.8) is 0 Å². The van der Waals surface area contributed by atoms with Gasteiger partial charge in [0, 0.05) is 26.7 Å². The molecule has 0 heterocycles. The quantitative estimate of drug-likeness (QED) is 0.286. The van der Waals surface area contributed by atoms with Crippen LogP contribution < -0.4 is 10.6 Å². The SMILES string of the molecule is CCCCNC(=NC)NCCCOC1CCCCC1.I.